The first-order valence-electron chi connectivity index (χ1n) is 7.69. The molecule has 0 radical (unpaired) electrons. The predicted octanol–water partition coefficient (Wildman–Crippen LogP) is -0.462. The Morgan fingerprint density at radius 3 is 2.50 bits per heavy atom. The van der Waals surface area contributed by atoms with Gasteiger partial charge in [0.25, 0.3) is 0 Å². The first-order valence-corrected chi connectivity index (χ1v) is 7.69. The van der Waals surface area contributed by atoms with Gasteiger partial charge in [-0.15, -0.1) is 0 Å². The maximum Gasteiger partial charge on any atom is 0.242 e. The van der Waals surface area contributed by atoms with Crippen LogP contribution in [-0.2, 0) is 9.59 Å². The van der Waals surface area contributed by atoms with E-state index in [-0.39, 0.29) is 24.9 Å². The van der Waals surface area contributed by atoms with Crippen molar-refractivity contribution in [2.24, 2.45) is 5.73 Å². The minimum absolute atomic E-state index is 0.0000666. The Morgan fingerprint density at radius 1 is 1.05 bits per heavy atom. The molecule has 6 heteroatoms. The molecule has 114 valence electrons. The van der Waals surface area contributed by atoms with Crippen molar-refractivity contribution in [2.45, 2.75) is 38.1 Å². The Hall–Kier alpha value is -1.14. The molecule has 0 unspecified atom stereocenters. The normalized spacial score (nSPS) is 21.8. The first kappa shape index (κ1) is 15.3. The van der Waals surface area contributed by atoms with Crippen LogP contribution in [0.4, 0.5) is 0 Å². The van der Waals surface area contributed by atoms with Gasteiger partial charge in [-0.25, -0.2) is 0 Å². The highest BCUT2D eigenvalue weighted by atomic mass is 16.2. The maximum absolute atomic E-state index is 12.1. The number of hydrogen-bond acceptors (Lipinski definition) is 4. The lowest BCUT2D eigenvalue weighted by molar-refractivity contribution is -0.132. The van der Waals surface area contributed by atoms with Gasteiger partial charge in [0.15, 0.2) is 0 Å². The Labute approximate surface area is 120 Å². The minimum Gasteiger partial charge on any atom is -0.346 e. The van der Waals surface area contributed by atoms with Gasteiger partial charge in [0, 0.05) is 32.2 Å². The summed E-state index contributed by atoms with van der Waals surface area (Å²) in [5.41, 5.74) is 5.21. The van der Waals surface area contributed by atoms with Crippen molar-refractivity contribution in [3.8, 4) is 0 Å². The summed E-state index contributed by atoms with van der Waals surface area (Å²) >= 11 is 0. The number of hydrogen-bond donors (Lipinski definition) is 2. The average molecular weight is 282 g/mol. The van der Waals surface area contributed by atoms with Gasteiger partial charge in [0.05, 0.1) is 13.1 Å². The van der Waals surface area contributed by atoms with Crippen molar-refractivity contribution in [1.29, 1.82) is 0 Å². The van der Waals surface area contributed by atoms with Crippen LogP contribution in [0.2, 0.25) is 0 Å². The van der Waals surface area contributed by atoms with E-state index in [1.165, 1.54) is 25.7 Å². The van der Waals surface area contributed by atoms with Crippen molar-refractivity contribution >= 4 is 11.8 Å². The van der Waals surface area contributed by atoms with E-state index < -0.39 is 0 Å². The Bertz CT molecular complexity index is 342. The van der Waals surface area contributed by atoms with Gasteiger partial charge < -0.3 is 16.0 Å². The summed E-state index contributed by atoms with van der Waals surface area (Å²) in [6, 6.07) is 0.724. The molecule has 0 aromatic rings. The molecule has 20 heavy (non-hydrogen) atoms. The number of carbonyl (C=O) groups is 2. The summed E-state index contributed by atoms with van der Waals surface area (Å²) in [5, 5.41) is 2.55. The van der Waals surface area contributed by atoms with Crippen LogP contribution in [0, 0.1) is 0 Å². The zero-order valence-electron chi connectivity index (χ0n) is 12.1. The van der Waals surface area contributed by atoms with Crippen LogP contribution in [0.15, 0.2) is 0 Å². The Kier molecular flexibility index (Phi) is 5.79. The highest BCUT2D eigenvalue weighted by Gasteiger charge is 2.26. The number of nitrogens with one attached hydrogen (secondary N) is 1. The number of amides is 2. The summed E-state index contributed by atoms with van der Waals surface area (Å²) in [7, 11) is 0. The Morgan fingerprint density at radius 2 is 1.80 bits per heavy atom. The number of nitrogens with zero attached hydrogens (tertiary/aromatic N) is 2. The van der Waals surface area contributed by atoms with E-state index in [9.17, 15) is 9.59 Å². The highest BCUT2D eigenvalue weighted by molar-refractivity contribution is 5.85. The van der Waals surface area contributed by atoms with Crippen molar-refractivity contribution in [2.75, 3.05) is 39.3 Å². The standard InChI is InChI=1S/C14H26N4O2/c15-10-13(19)16-11-14(20)18-7-3-6-17(8-9-18)12-4-1-2-5-12/h12H,1-11,15H2,(H,16,19). The second-order valence-corrected chi connectivity index (χ2v) is 5.69. The molecule has 2 fully saturated rings. The van der Waals surface area contributed by atoms with Gasteiger partial charge in [-0.2, -0.15) is 0 Å². The van der Waals surface area contributed by atoms with Crippen LogP contribution in [0.5, 0.6) is 0 Å². The van der Waals surface area contributed by atoms with Crippen molar-refractivity contribution in [3.63, 3.8) is 0 Å². The highest BCUT2D eigenvalue weighted by Crippen LogP contribution is 2.24. The maximum atomic E-state index is 12.1. The molecule has 0 aromatic carbocycles. The van der Waals surface area contributed by atoms with Crippen LogP contribution in [0.1, 0.15) is 32.1 Å². The van der Waals surface area contributed by atoms with E-state index in [4.69, 9.17) is 5.73 Å². The molecule has 0 spiro atoms. The molecule has 0 bridgehead atoms. The summed E-state index contributed by atoms with van der Waals surface area (Å²) in [4.78, 5) is 27.5. The van der Waals surface area contributed by atoms with Crippen molar-refractivity contribution in [1.82, 2.24) is 15.1 Å². The van der Waals surface area contributed by atoms with E-state index >= 15 is 0 Å². The summed E-state index contributed by atoms with van der Waals surface area (Å²) in [5.74, 6) is -0.277. The fourth-order valence-electron chi connectivity index (χ4n) is 3.18. The molecule has 1 aliphatic heterocycles. The van der Waals surface area contributed by atoms with E-state index in [1.807, 2.05) is 4.90 Å². The van der Waals surface area contributed by atoms with Gasteiger partial charge >= 0.3 is 0 Å². The molecule has 2 amide bonds. The topological polar surface area (TPSA) is 78.7 Å². The van der Waals surface area contributed by atoms with Crippen LogP contribution in [0.25, 0.3) is 0 Å². The third-order valence-corrected chi connectivity index (χ3v) is 4.35. The predicted molar refractivity (Wildman–Crippen MR) is 77.1 cm³/mol. The first-order chi connectivity index (χ1) is 9.70. The van der Waals surface area contributed by atoms with Crippen molar-refractivity contribution in [3.05, 3.63) is 0 Å². The van der Waals surface area contributed by atoms with Gasteiger partial charge in [-0.1, -0.05) is 12.8 Å². The van der Waals surface area contributed by atoms with E-state index in [2.05, 4.69) is 10.2 Å². The molecular formula is C14H26N4O2. The van der Waals surface area contributed by atoms with Crippen molar-refractivity contribution < 1.29 is 9.59 Å². The van der Waals surface area contributed by atoms with E-state index in [1.54, 1.807) is 0 Å². The zero-order chi connectivity index (χ0) is 14.4. The van der Waals surface area contributed by atoms with Crippen LogP contribution in [-0.4, -0.2) is 66.9 Å². The van der Waals surface area contributed by atoms with Crippen LogP contribution in [0.3, 0.4) is 0 Å². The number of nitrogens with two attached hydrogens (primary N) is 1. The number of rotatable bonds is 4. The molecule has 2 aliphatic rings. The molecule has 3 N–H and O–H groups in total. The lowest BCUT2D eigenvalue weighted by Crippen LogP contribution is -2.43. The minimum atomic E-state index is -0.277. The number of carbonyl (C=O) groups excluding carboxylic acids is 2. The van der Waals surface area contributed by atoms with Crippen LogP contribution < -0.4 is 11.1 Å². The SMILES string of the molecule is NCC(=O)NCC(=O)N1CCCN(C2CCCC2)CC1. The average Bonchev–Trinajstić information content (AvgIpc) is 2.89. The van der Waals surface area contributed by atoms with E-state index in [0.717, 1.165) is 38.6 Å². The summed E-state index contributed by atoms with van der Waals surface area (Å²) in [6.45, 7) is 3.61. The molecule has 1 saturated carbocycles. The quantitative estimate of drug-likeness (QED) is 0.731. The van der Waals surface area contributed by atoms with E-state index in [0.29, 0.717) is 0 Å². The molecular weight excluding hydrogens is 256 g/mol. The molecule has 1 aliphatic carbocycles. The summed E-state index contributed by atoms with van der Waals surface area (Å²) in [6.07, 6.45) is 6.32. The van der Waals surface area contributed by atoms with Gasteiger partial charge in [0.2, 0.25) is 11.8 Å². The third-order valence-electron chi connectivity index (χ3n) is 4.35. The molecule has 1 heterocycles. The summed E-state index contributed by atoms with van der Waals surface area (Å²) < 4.78 is 0. The van der Waals surface area contributed by atoms with Crippen LogP contribution >= 0.6 is 0 Å². The molecule has 2 rings (SSSR count). The monoisotopic (exact) mass is 282 g/mol. The Balaban J connectivity index is 1.76. The lowest BCUT2D eigenvalue weighted by atomic mass is 10.2. The van der Waals surface area contributed by atoms with Gasteiger partial charge in [0.1, 0.15) is 0 Å². The van der Waals surface area contributed by atoms with Gasteiger partial charge in [-0.05, 0) is 19.3 Å². The molecule has 1 saturated heterocycles. The fraction of sp³-hybridized carbons (Fsp3) is 0.857. The molecule has 6 nitrogen and oxygen atoms in total. The second-order valence-electron chi connectivity index (χ2n) is 5.69. The lowest BCUT2D eigenvalue weighted by Gasteiger charge is -2.27. The largest absolute Gasteiger partial charge is 0.346 e. The molecule has 0 atom stereocenters. The third kappa shape index (κ3) is 4.18. The van der Waals surface area contributed by atoms with Gasteiger partial charge in [-0.3, -0.25) is 14.5 Å². The fourth-order valence-corrected chi connectivity index (χ4v) is 3.18. The second kappa shape index (κ2) is 7.59. The smallest absolute Gasteiger partial charge is 0.242 e. The molecule has 0 aromatic heterocycles. The zero-order valence-corrected chi connectivity index (χ0v) is 12.1.